The van der Waals surface area contributed by atoms with Crippen molar-refractivity contribution in [2.45, 2.75) is 46.0 Å². The van der Waals surface area contributed by atoms with E-state index in [-0.39, 0.29) is 5.97 Å². The predicted octanol–water partition coefficient (Wildman–Crippen LogP) is 7.31. The summed E-state index contributed by atoms with van der Waals surface area (Å²) in [5, 5.41) is 0. The van der Waals surface area contributed by atoms with Crippen molar-refractivity contribution >= 4 is 17.9 Å². The minimum atomic E-state index is -0.382. The quantitative estimate of drug-likeness (QED) is 0.139. The molecule has 4 nitrogen and oxygen atoms in total. The van der Waals surface area contributed by atoms with Gasteiger partial charge in [-0.2, -0.15) is 0 Å². The normalized spacial score (nSPS) is 10.9. The number of hydrogen-bond donors (Lipinski definition) is 0. The average molecular weight is 430 g/mol. The van der Waals surface area contributed by atoms with E-state index < -0.39 is 0 Å². The molecule has 4 heteroatoms. The Bertz CT molecular complexity index is 1010. The number of unbranched alkanes of at least 4 members (excludes halogenated alkanes) is 4. The van der Waals surface area contributed by atoms with Gasteiger partial charge in [0.1, 0.15) is 11.5 Å². The van der Waals surface area contributed by atoms with Crippen molar-refractivity contribution in [3.05, 3.63) is 89.5 Å². The van der Waals surface area contributed by atoms with Crippen molar-refractivity contribution in [2.24, 2.45) is 4.99 Å². The number of ether oxygens (including phenoxy) is 2. The van der Waals surface area contributed by atoms with Gasteiger partial charge in [0.15, 0.2) is 0 Å². The Morgan fingerprint density at radius 3 is 2.34 bits per heavy atom. The second-order valence-electron chi connectivity index (χ2n) is 7.84. The first-order valence-electron chi connectivity index (χ1n) is 11.3. The maximum absolute atomic E-state index is 12.3. The van der Waals surface area contributed by atoms with E-state index in [1.165, 1.54) is 25.7 Å². The molecule has 0 saturated heterocycles. The van der Waals surface area contributed by atoms with Crippen LogP contribution in [-0.2, 0) is 0 Å². The van der Waals surface area contributed by atoms with E-state index in [9.17, 15) is 4.79 Å². The Morgan fingerprint density at radius 1 is 0.875 bits per heavy atom. The van der Waals surface area contributed by atoms with Crippen LogP contribution in [0.5, 0.6) is 11.5 Å². The molecular weight excluding hydrogens is 398 g/mol. The molecule has 0 fully saturated rings. The highest BCUT2D eigenvalue weighted by Crippen LogP contribution is 2.18. The first kappa shape index (κ1) is 23.3. The molecule has 3 aromatic rings. The molecule has 0 amide bonds. The van der Waals surface area contributed by atoms with Crippen molar-refractivity contribution in [3.63, 3.8) is 0 Å². The summed E-state index contributed by atoms with van der Waals surface area (Å²) in [6, 6.07) is 22.4. The zero-order chi connectivity index (χ0) is 22.6. The van der Waals surface area contributed by atoms with Crippen LogP contribution in [0.15, 0.2) is 77.8 Å². The number of esters is 1. The van der Waals surface area contributed by atoms with E-state index in [1.54, 1.807) is 36.5 Å². The monoisotopic (exact) mass is 429 g/mol. The summed E-state index contributed by atoms with van der Waals surface area (Å²) in [5.74, 6) is 1.04. The molecule has 0 bridgehead atoms. The van der Waals surface area contributed by atoms with E-state index >= 15 is 0 Å². The van der Waals surface area contributed by atoms with Gasteiger partial charge in [-0.25, -0.2) is 4.79 Å². The summed E-state index contributed by atoms with van der Waals surface area (Å²) < 4.78 is 11.2. The molecule has 0 spiro atoms. The number of benzene rings is 3. The van der Waals surface area contributed by atoms with Crippen LogP contribution in [-0.4, -0.2) is 18.8 Å². The molecule has 0 N–H and O–H groups in total. The third kappa shape index (κ3) is 7.69. The highest BCUT2D eigenvalue weighted by atomic mass is 16.5. The van der Waals surface area contributed by atoms with E-state index in [0.717, 1.165) is 35.6 Å². The van der Waals surface area contributed by atoms with Crippen LogP contribution in [0.4, 0.5) is 5.69 Å². The fourth-order valence-electron chi connectivity index (χ4n) is 3.22. The van der Waals surface area contributed by atoms with Crippen molar-refractivity contribution in [1.82, 2.24) is 0 Å². The molecule has 0 atom stereocenters. The molecule has 0 radical (unpaired) electrons. The van der Waals surface area contributed by atoms with E-state index in [1.807, 2.05) is 49.4 Å². The zero-order valence-corrected chi connectivity index (χ0v) is 18.9. The van der Waals surface area contributed by atoms with Crippen LogP contribution in [0.2, 0.25) is 0 Å². The summed E-state index contributed by atoms with van der Waals surface area (Å²) in [6.45, 7) is 4.94. The Balaban J connectivity index is 1.48. The van der Waals surface area contributed by atoms with Crippen LogP contribution in [0.25, 0.3) is 0 Å². The number of aryl methyl sites for hydroxylation is 1. The number of carbonyl (C=O) groups excluding carboxylic acids is 1. The molecule has 166 valence electrons. The van der Waals surface area contributed by atoms with E-state index in [0.29, 0.717) is 11.3 Å². The SMILES string of the molecule is CCCCCCCOc1ccc(C=Nc2ccc(C(=O)Oc3cccc(C)c3)cc2)cc1. The molecular formula is C28H31NO3. The summed E-state index contributed by atoms with van der Waals surface area (Å²) >= 11 is 0. The number of aliphatic imine (C=N–C) groups is 1. The number of hydrogen-bond acceptors (Lipinski definition) is 4. The molecule has 0 aromatic heterocycles. The lowest BCUT2D eigenvalue weighted by Gasteiger charge is -2.06. The van der Waals surface area contributed by atoms with Crippen LogP contribution >= 0.6 is 0 Å². The lowest BCUT2D eigenvalue weighted by molar-refractivity contribution is 0.0735. The fraction of sp³-hybridized carbons (Fsp3) is 0.286. The van der Waals surface area contributed by atoms with Gasteiger partial charge >= 0.3 is 5.97 Å². The van der Waals surface area contributed by atoms with Gasteiger partial charge in [-0.1, -0.05) is 44.7 Å². The number of nitrogens with zero attached hydrogens (tertiary/aromatic N) is 1. The maximum Gasteiger partial charge on any atom is 0.343 e. The Kier molecular flexibility index (Phi) is 9.05. The van der Waals surface area contributed by atoms with E-state index in [4.69, 9.17) is 9.47 Å². The van der Waals surface area contributed by atoms with Gasteiger partial charge in [0.05, 0.1) is 17.9 Å². The molecule has 32 heavy (non-hydrogen) atoms. The molecule has 0 aliphatic heterocycles. The smallest absolute Gasteiger partial charge is 0.343 e. The molecule has 0 aliphatic rings. The van der Waals surface area contributed by atoms with Gasteiger partial charge in [-0.05, 0) is 85.1 Å². The third-order valence-electron chi connectivity index (χ3n) is 5.06. The molecule has 0 aliphatic carbocycles. The Labute approximate surface area is 190 Å². The first-order valence-corrected chi connectivity index (χ1v) is 11.3. The maximum atomic E-state index is 12.3. The van der Waals surface area contributed by atoms with E-state index in [2.05, 4.69) is 11.9 Å². The number of carbonyl (C=O) groups is 1. The highest BCUT2D eigenvalue weighted by molar-refractivity contribution is 5.91. The Morgan fingerprint density at radius 2 is 1.62 bits per heavy atom. The zero-order valence-electron chi connectivity index (χ0n) is 18.9. The summed E-state index contributed by atoms with van der Waals surface area (Å²) in [6.07, 6.45) is 7.96. The minimum absolute atomic E-state index is 0.382. The molecule has 0 saturated carbocycles. The fourth-order valence-corrected chi connectivity index (χ4v) is 3.22. The standard InChI is InChI=1S/C28H31NO3/c1-3-4-5-6-7-19-31-26-17-11-23(12-18-26)21-29-25-15-13-24(14-16-25)28(30)32-27-10-8-9-22(2)20-27/h8-18,20-21H,3-7,19H2,1-2H3. The third-order valence-corrected chi connectivity index (χ3v) is 5.06. The molecule has 3 aromatic carbocycles. The van der Waals surface area contributed by atoms with Gasteiger partial charge in [0.25, 0.3) is 0 Å². The molecule has 0 heterocycles. The minimum Gasteiger partial charge on any atom is -0.494 e. The van der Waals surface area contributed by atoms with Crippen molar-refractivity contribution < 1.29 is 14.3 Å². The summed E-state index contributed by atoms with van der Waals surface area (Å²) in [5.41, 5.74) is 3.29. The van der Waals surface area contributed by atoms with Gasteiger partial charge in [-0.3, -0.25) is 4.99 Å². The van der Waals surface area contributed by atoms with Gasteiger partial charge in [0, 0.05) is 6.21 Å². The predicted molar refractivity (Wildman–Crippen MR) is 131 cm³/mol. The second kappa shape index (κ2) is 12.5. The van der Waals surface area contributed by atoms with Crippen molar-refractivity contribution in [1.29, 1.82) is 0 Å². The van der Waals surface area contributed by atoms with Gasteiger partial charge < -0.3 is 9.47 Å². The first-order chi connectivity index (χ1) is 15.6. The average Bonchev–Trinajstić information content (AvgIpc) is 2.81. The largest absolute Gasteiger partial charge is 0.494 e. The molecule has 3 rings (SSSR count). The number of rotatable bonds is 11. The van der Waals surface area contributed by atoms with Gasteiger partial charge in [0.2, 0.25) is 0 Å². The highest BCUT2D eigenvalue weighted by Gasteiger charge is 2.08. The lowest BCUT2D eigenvalue weighted by atomic mass is 10.2. The summed E-state index contributed by atoms with van der Waals surface area (Å²) in [7, 11) is 0. The van der Waals surface area contributed by atoms with Crippen LogP contribution in [0.1, 0.15) is 60.5 Å². The van der Waals surface area contributed by atoms with Crippen molar-refractivity contribution in [2.75, 3.05) is 6.61 Å². The van der Waals surface area contributed by atoms with Gasteiger partial charge in [-0.15, -0.1) is 0 Å². The van der Waals surface area contributed by atoms with Crippen molar-refractivity contribution in [3.8, 4) is 11.5 Å². The topological polar surface area (TPSA) is 47.9 Å². The van der Waals surface area contributed by atoms with Crippen LogP contribution < -0.4 is 9.47 Å². The van der Waals surface area contributed by atoms with Crippen LogP contribution in [0, 0.1) is 6.92 Å². The molecule has 0 unspecified atom stereocenters. The Hall–Kier alpha value is -3.40. The second-order valence-corrected chi connectivity index (χ2v) is 7.84. The lowest BCUT2D eigenvalue weighted by Crippen LogP contribution is -2.08. The van der Waals surface area contributed by atoms with Crippen LogP contribution in [0.3, 0.4) is 0 Å². The summed E-state index contributed by atoms with van der Waals surface area (Å²) in [4.78, 5) is 16.8.